The summed E-state index contributed by atoms with van der Waals surface area (Å²) in [7, 11) is 0. The minimum absolute atomic E-state index is 0.0200. The molecule has 0 N–H and O–H groups in total. The summed E-state index contributed by atoms with van der Waals surface area (Å²) < 4.78 is 1.62. The second-order valence-corrected chi connectivity index (χ2v) is 8.94. The third kappa shape index (κ3) is 3.09. The van der Waals surface area contributed by atoms with Crippen molar-refractivity contribution in [2.45, 2.75) is 51.5 Å². The van der Waals surface area contributed by atoms with Gasteiger partial charge in [0.1, 0.15) is 5.01 Å². The van der Waals surface area contributed by atoms with Crippen molar-refractivity contribution >= 4 is 16.5 Å². The molecule has 0 radical (unpaired) electrons. The fraction of sp³-hybridized carbons (Fsp3) is 0.647. The molecule has 2 aliphatic rings. The van der Waals surface area contributed by atoms with E-state index in [2.05, 4.69) is 41.0 Å². The fourth-order valence-electron chi connectivity index (χ4n) is 2.92. The summed E-state index contributed by atoms with van der Waals surface area (Å²) in [6.07, 6.45) is 2.52. The van der Waals surface area contributed by atoms with Gasteiger partial charge in [0, 0.05) is 36.4 Å². The largest absolute Gasteiger partial charge is 0.346 e. The average Bonchev–Trinajstić information content (AvgIpc) is 3.21. The van der Waals surface area contributed by atoms with Crippen molar-refractivity contribution in [2.24, 2.45) is 5.92 Å². The van der Waals surface area contributed by atoms with E-state index in [4.69, 9.17) is 0 Å². The van der Waals surface area contributed by atoms with Gasteiger partial charge in [-0.05, 0) is 18.9 Å². The molecule has 2 aromatic heterocycles. The normalized spacial score (nSPS) is 18.7. The SMILES string of the molecule is CC(C)(C)c1ccc(=O)n(CC2CN(c3nnc(C4CC4)s3)C2)n1. The molecule has 2 fully saturated rings. The first-order valence-electron chi connectivity index (χ1n) is 8.57. The van der Waals surface area contributed by atoms with Gasteiger partial charge >= 0.3 is 0 Å². The summed E-state index contributed by atoms with van der Waals surface area (Å²) in [4.78, 5) is 14.3. The maximum Gasteiger partial charge on any atom is 0.266 e. The van der Waals surface area contributed by atoms with Crippen molar-refractivity contribution in [3.05, 3.63) is 33.2 Å². The Morgan fingerprint density at radius 3 is 2.62 bits per heavy atom. The predicted octanol–water partition coefficient (Wildman–Crippen LogP) is 2.41. The zero-order chi connectivity index (χ0) is 16.9. The molecule has 6 nitrogen and oxygen atoms in total. The van der Waals surface area contributed by atoms with E-state index in [1.165, 1.54) is 17.8 Å². The van der Waals surface area contributed by atoms with Crippen LogP contribution in [-0.4, -0.2) is 33.1 Å². The van der Waals surface area contributed by atoms with Gasteiger partial charge in [-0.15, -0.1) is 10.2 Å². The second kappa shape index (κ2) is 5.65. The highest BCUT2D eigenvalue weighted by Crippen LogP contribution is 2.43. The van der Waals surface area contributed by atoms with Gasteiger partial charge in [-0.2, -0.15) is 5.10 Å². The molecule has 0 atom stereocenters. The van der Waals surface area contributed by atoms with E-state index in [-0.39, 0.29) is 11.0 Å². The molecular formula is C17H23N5OS. The summed E-state index contributed by atoms with van der Waals surface area (Å²) >= 11 is 1.72. The molecule has 24 heavy (non-hydrogen) atoms. The minimum Gasteiger partial charge on any atom is -0.346 e. The second-order valence-electron chi connectivity index (χ2n) is 7.96. The van der Waals surface area contributed by atoms with E-state index >= 15 is 0 Å². The Bertz CT molecular complexity index is 796. The van der Waals surface area contributed by atoms with E-state index in [1.54, 1.807) is 22.1 Å². The van der Waals surface area contributed by atoms with Crippen LogP contribution < -0.4 is 10.5 Å². The highest BCUT2D eigenvalue weighted by Gasteiger charge is 2.33. The van der Waals surface area contributed by atoms with Crippen LogP contribution in [0.5, 0.6) is 0 Å². The van der Waals surface area contributed by atoms with Gasteiger partial charge in [0.2, 0.25) is 5.13 Å². The van der Waals surface area contributed by atoms with Crippen LogP contribution in [0.1, 0.15) is 50.2 Å². The molecular weight excluding hydrogens is 322 g/mol. The van der Waals surface area contributed by atoms with E-state index in [0.717, 1.165) is 23.9 Å². The van der Waals surface area contributed by atoms with Crippen LogP contribution in [0.15, 0.2) is 16.9 Å². The Morgan fingerprint density at radius 1 is 1.21 bits per heavy atom. The van der Waals surface area contributed by atoms with Crippen LogP contribution >= 0.6 is 11.3 Å². The Kier molecular flexibility index (Phi) is 3.71. The highest BCUT2D eigenvalue weighted by molar-refractivity contribution is 7.15. The summed E-state index contributed by atoms with van der Waals surface area (Å²) in [5.41, 5.74) is 0.886. The number of rotatable bonds is 4. The Hall–Kier alpha value is -1.76. The fourth-order valence-corrected chi connectivity index (χ4v) is 3.95. The first kappa shape index (κ1) is 15.7. The maximum absolute atomic E-state index is 12.1. The van der Waals surface area contributed by atoms with Crippen molar-refractivity contribution in [3.63, 3.8) is 0 Å². The lowest BCUT2D eigenvalue weighted by atomic mass is 9.92. The molecule has 2 aromatic rings. The van der Waals surface area contributed by atoms with Gasteiger partial charge in [-0.25, -0.2) is 4.68 Å². The Labute approximate surface area is 145 Å². The zero-order valence-electron chi connectivity index (χ0n) is 14.4. The molecule has 3 heterocycles. The third-order valence-corrected chi connectivity index (χ3v) is 5.80. The summed E-state index contributed by atoms with van der Waals surface area (Å²) in [5.74, 6) is 1.11. The smallest absolute Gasteiger partial charge is 0.266 e. The van der Waals surface area contributed by atoms with Crippen molar-refractivity contribution in [2.75, 3.05) is 18.0 Å². The number of nitrogens with zero attached hydrogens (tertiary/aromatic N) is 5. The van der Waals surface area contributed by atoms with Gasteiger partial charge in [-0.3, -0.25) is 4.79 Å². The van der Waals surface area contributed by atoms with E-state index in [0.29, 0.717) is 18.4 Å². The molecule has 1 saturated heterocycles. The molecule has 0 aromatic carbocycles. The van der Waals surface area contributed by atoms with Crippen molar-refractivity contribution < 1.29 is 0 Å². The van der Waals surface area contributed by atoms with Crippen molar-refractivity contribution in [3.8, 4) is 0 Å². The third-order valence-electron chi connectivity index (χ3n) is 4.65. The van der Waals surface area contributed by atoms with Gasteiger partial charge in [0.25, 0.3) is 5.56 Å². The molecule has 0 amide bonds. The molecule has 7 heteroatoms. The topological polar surface area (TPSA) is 63.9 Å². The first-order valence-corrected chi connectivity index (χ1v) is 9.39. The molecule has 0 spiro atoms. The predicted molar refractivity (Wildman–Crippen MR) is 94.8 cm³/mol. The van der Waals surface area contributed by atoms with Gasteiger partial charge in [0.05, 0.1) is 12.2 Å². The summed E-state index contributed by atoms with van der Waals surface area (Å²) in [6, 6.07) is 3.48. The average molecular weight is 345 g/mol. The zero-order valence-corrected chi connectivity index (χ0v) is 15.2. The van der Waals surface area contributed by atoms with Crippen LogP contribution in [0.4, 0.5) is 5.13 Å². The van der Waals surface area contributed by atoms with E-state index in [1.807, 2.05) is 6.07 Å². The van der Waals surface area contributed by atoms with E-state index in [9.17, 15) is 4.79 Å². The minimum atomic E-state index is -0.0487. The molecule has 4 rings (SSSR count). The maximum atomic E-state index is 12.1. The molecule has 0 bridgehead atoms. The molecule has 1 aliphatic carbocycles. The monoisotopic (exact) mass is 345 g/mol. The van der Waals surface area contributed by atoms with Crippen molar-refractivity contribution in [1.29, 1.82) is 0 Å². The molecule has 1 aliphatic heterocycles. The standard InChI is InChI=1S/C17H23N5OS/c1-17(2,3)13-6-7-14(23)22(20-13)10-11-8-21(9-11)16-19-18-15(24-16)12-4-5-12/h6-7,11-12H,4-5,8-10H2,1-3H3. The van der Waals surface area contributed by atoms with Crippen LogP contribution in [0.25, 0.3) is 0 Å². The van der Waals surface area contributed by atoms with Crippen LogP contribution in [0.2, 0.25) is 0 Å². The van der Waals surface area contributed by atoms with Crippen molar-refractivity contribution in [1.82, 2.24) is 20.0 Å². The first-order chi connectivity index (χ1) is 11.4. The van der Waals surface area contributed by atoms with E-state index < -0.39 is 0 Å². The summed E-state index contributed by atoms with van der Waals surface area (Å²) in [5, 5.41) is 15.4. The number of hydrogen-bond acceptors (Lipinski definition) is 6. The highest BCUT2D eigenvalue weighted by atomic mass is 32.1. The number of aromatic nitrogens is 4. The molecule has 0 unspecified atom stereocenters. The lowest BCUT2D eigenvalue weighted by Crippen LogP contribution is -2.49. The summed E-state index contributed by atoms with van der Waals surface area (Å²) in [6.45, 7) is 8.86. The quantitative estimate of drug-likeness (QED) is 0.851. The number of hydrogen-bond donors (Lipinski definition) is 0. The van der Waals surface area contributed by atoms with Crippen LogP contribution in [-0.2, 0) is 12.0 Å². The van der Waals surface area contributed by atoms with Crippen LogP contribution in [0.3, 0.4) is 0 Å². The molecule has 1 saturated carbocycles. The van der Waals surface area contributed by atoms with Gasteiger partial charge < -0.3 is 4.90 Å². The van der Waals surface area contributed by atoms with Crippen LogP contribution in [0, 0.1) is 5.92 Å². The lowest BCUT2D eigenvalue weighted by Gasteiger charge is -2.38. The number of anilines is 1. The Morgan fingerprint density at radius 2 is 1.96 bits per heavy atom. The Balaban J connectivity index is 1.40. The van der Waals surface area contributed by atoms with Gasteiger partial charge in [0.15, 0.2) is 0 Å². The lowest BCUT2D eigenvalue weighted by molar-refractivity contribution is 0.329. The van der Waals surface area contributed by atoms with Gasteiger partial charge in [-0.1, -0.05) is 32.1 Å². The molecule has 128 valence electrons.